The van der Waals surface area contributed by atoms with Gasteiger partial charge in [-0.3, -0.25) is 38.5 Å². The average Bonchev–Trinajstić information content (AvgIpc) is 1.58. The van der Waals surface area contributed by atoms with Gasteiger partial charge < -0.3 is 50.7 Å². The Hall–Kier alpha value is -6.32. The van der Waals surface area contributed by atoms with Crippen molar-refractivity contribution in [3.05, 3.63) is 136 Å². The van der Waals surface area contributed by atoms with E-state index in [1.165, 1.54) is 46.4 Å². The Kier molecular flexibility index (Phi) is 29.6. The van der Waals surface area contributed by atoms with Crippen LogP contribution in [0.25, 0.3) is 0 Å². The smallest absolute Gasteiger partial charge is 0.254 e. The molecule has 8 aliphatic heterocycles. The van der Waals surface area contributed by atoms with Crippen molar-refractivity contribution in [2.45, 2.75) is 143 Å². The number of anilines is 3. The Morgan fingerprint density at radius 1 is 0.495 bits per heavy atom. The Bertz CT molecular complexity index is 4180. The molecular formula is C83H116Cl4N14O7S3. The lowest BCUT2D eigenvalue weighted by atomic mass is 9.71. The van der Waals surface area contributed by atoms with Crippen LogP contribution in [-0.2, 0) is 19.2 Å². The first-order valence-electron chi connectivity index (χ1n) is 38.4. The molecule has 0 saturated carbocycles. The number of carbonyl (C=O) groups excluding carboxylic acids is 7. The summed E-state index contributed by atoms with van der Waals surface area (Å²) in [5, 5.41) is 7.94. The molecule has 8 aliphatic rings. The van der Waals surface area contributed by atoms with Crippen LogP contribution in [0.15, 0.2) is 73.2 Å². The van der Waals surface area contributed by atoms with E-state index in [1.807, 2.05) is 106 Å². The second-order valence-electron chi connectivity index (χ2n) is 33.5. The number of thiazole rings is 3. The predicted octanol–water partition coefficient (Wildman–Crippen LogP) is 15.0. The van der Waals surface area contributed by atoms with E-state index >= 15 is 0 Å². The molecule has 14 rings (SSSR count). The zero-order valence-electron chi connectivity index (χ0n) is 66.6. The zero-order chi connectivity index (χ0) is 80.0. The highest BCUT2D eigenvalue weighted by Crippen LogP contribution is 2.54. The highest BCUT2D eigenvalue weighted by Gasteiger charge is 2.60. The Morgan fingerprint density at radius 3 is 1.17 bits per heavy atom. The largest absolute Gasteiger partial charge is 0.375 e. The Balaban J connectivity index is 0.000000173. The summed E-state index contributed by atoms with van der Waals surface area (Å²) < 4.78 is 1.76. The summed E-state index contributed by atoms with van der Waals surface area (Å²) in [4.78, 5) is 117. The van der Waals surface area contributed by atoms with Gasteiger partial charge in [0.25, 0.3) is 17.7 Å². The highest BCUT2D eigenvalue weighted by atomic mass is 35.5. The number of aromatic nitrogens is 3. The summed E-state index contributed by atoms with van der Waals surface area (Å²) in [6, 6.07) is 18.2. The van der Waals surface area contributed by atoms with E-state index in [9.17, 15) is 33.6 Å². The first-order valence-corrected chi connectivity index (χ1v) is 42.5. The van der Waals surface area contributed by atoms with Crippen LogP contribution in [-0.4, -0.2) is 221 Å². The molecule has 606 valence electrons. The molecule has 0 aliphatic carbocycles. The van der Waals surface area contributed by atoms with E-state index in [0.717, 1.165) is 160 Å². The summed E-state index contributed by atoms with van der Waals surface area (Å²) >= 11 is 27.1. The fraction of sp³-hybridized carbons (Fsp3) is 0.590. The molecule has 0 bridgehead atoms. The van der Waals surface area contributed by atoms with Crippen LogP contribution in [0, 0.1) is 85.9 Å². The van der Waals surface area contributed by atoms with Crippen LogP contribution in [0.5, 0.6) is 0 Å². The summed E-state index contributed by atoms with van der Waals surface area (Å²) in [7, 11) is 0. The standard InChI is InChI=1S/C31H42ClN5O3S.C20H29ClN2O.C17H24N2O.C11H14ClN3O2S.C3H3ClN2S.CH4/c1-21-8-6-9-22(2)26(21)28(40)36-19-30(4)17-34(18-31(30,5)20-36)12-7-13-37(29-33-16-25(32)41-29)27(39)24-10-14-35(15-11-24)23(3)38;1-15-7-5-8-16(2)17(15)18(24)23-13-19(3)11-22(10-6-9-21)12-20(19,4)14-23;1-12-6-5-7-13(2)14(12)15(20)19-10-16(3)8-18-9-17(16,4)11-19;1-7(16)15-4-2-8(3-5-15)10(17)14-11-13-6-9(12)18-11;4-2-1-6-3(5)7-2;/h6,8-9,16,24H,7,10-15,17-20H2,1-5H3;5,7-8H,6,9-14H2,1-4H3;5-7,18H,8-11H2,1-4H3;6,8H,2-5H2,1H3,(H,13,14,17);1H,(H2,5,6);1H4/t30-,31+;19-,20+;16-,17+;;;. The number of benzene rings is 3. The molecule has 7 amide bonds. The van der Waals surface area contributed by atoms with Gasteiger partial charge in [0.15, 0.2) is 15.4 Å². The minimum atomic E-state index is -0.113. The predicted molar refractivity (Wildman–Crippen MR) is 453 cm³/mol. The number of rotatable bonds is 14. The Labute approximate surface area is 690 Å². The summed E-state index contributed by atoms with van der Waals surface area (Å²) in [5.41, 5.74) is 15.0. The number of nitrogens with two attached hydrogens (primary N) is 1. The molecule has 0 spiro atoms. The van der Waals surface area contributed by atoms with Crippen LogP contribution in [0.2, 0.25) is 13.0 Å². The SMILES string of the molecule is C.CC(=O)N1CCC(C(=O)N(CCCN2C[C@@]3(C)CN(C(=O)c4c(C)cccc4C)C[C@@]3(C)C2)c2ncc(Cl)s2)CC1.CC(=O)N1CCC(C(=O)Nc2ncc(Cl)s2)CC1.Cc1cccc(C)c1C(=O)N1C[C@]2(C)CN(CCCCl)C[C@]2(C)C1.Cc1cccc(C)c1C(=O)N1C[C@]2(C)CNC[C@]2(C)C1.Nc1ncc(Cl)s1. The molecule has 3 aromatic heterocycles. The number of likely N-dealkylation sites (tertiary alicyclic amines) is 7. The maximum atomic E-state index is 13.6. The first kappa shape index (κ1) is 88.6. The minimum Gasteiger partial charge on any atom is -0.375 e. The number of hydrogen-bond donors (Lipinski definition) is 3. The zero-order valence-corrected chi connectivity index (χ0v) is 72.0. The molecule has 0 unspecified atom stereocenters. The molecule has 28 heteroatoms. The minimum absolute atomic E-state index is 0. The van der Waals surface area contributed by atoms with Gasteiger partial charge in [0.2, 0.25) is 23.6 Å². The average molecular weight is 1660 g/mol. The fourth-order valence-electron chi connectivity index (χ4n) is 18.0. The third-order valence-corrected chi connectivity index (χ3v) is 28.5. The Morgan fingerprint density at radius 2 is 0.847 bits per heavy atom. The number of aryl methyl sites for hydroxylation is 6. The number of fused-ring (bicyclic) bond motifs is 3. The van der Waals surface area contributed by atoms with Gasteiger partial charge in [-0.2, -0.15) is 0 Å². The van der Waals surface area contributed by atoms with E-state index in [-0.39, 0.29) is 93.1 Å². The lowest BCUT2D eigenvalue weighted by Crippen LogP contribution is -2.44. The molecule has 0 radical (unpaired) electrons. The van der Waals surface area contributed by atoms with Gasteiger partial charge in [-0.1, -0.05) is 172 Å². The van der Waals surface area contributed by atoms with Gasteiger partial charge in [-0.25, -0.2) is 15.0 Å². The van der Waals surface area contributed by atoms with E-state index in [1.54, 1.807) is 24.9 Å². The normalized spacial score (nSPS) is 24.9. The van der Waals surface area contributed by atoms with Gasteiger partial charge in [0.1, 0.15) is 13.0 Å². The van der Waals surface area contributed by atoms with Crippen molar-refractivity contribution in [1.82, 2.24) is 54.6 Å². The van der Waals surface area contributed by atoms with Gasteiger partial charge in [0, 0.05) is 192 Å². The van der Waals surface area contributed by atoms with Crippen LogP contribution in [0.1, 0.15) is 166 Å². The van der Waals surface area contributed by atoms with Crippen molar-refractivity contribution in [2.75, 3.05) is 146 Å². The van der Waals surface area contributed by atoms with Crippen LogP contribution >= 0.6 is 80.4 Å². The van der Waals surface area contributed by atoms with E-state index in [2.05, 4.69) is 91.6 Å². The number of nitrogen functional groups attached to an aromatic ring is 1. The number of nitrogens with zero attached hydrogens (tertiary/aromatic N) is 11. The quantitative estimate of drug-likeness (QED) is 0.0861. The van der Waals surface area contributed by atoms with Crippen molar-refractivity contribution in [3.8, 4) is 0 Å². The number of amides is 7. The van der Waals surface area contributed by atoms with E-state index in [4.69, 9.17) is 52.1 Å². The summed E-state index contributed by atoms with van der Waals surface area (Å²) in [6.07, 6.45) is 9.26. The van der Waals surface area contributed by atoms with E-state index in [0.29, 0.717) is 86.8 Å². The highest BCUT2D eigenvalue weighted by molar-refractivity contribution is 7.20. The number of piperidine rings is 2. The molecule has 111 heavy (non-hydrogen) atoms. The third kappa shape index (κ3) is 20.3. The molecule has 4 N–H and O–H groups in total. The van der Waals surface area contributed by atoms with Gasteiger partial charge >= 0.3 is 0 Å². The van der Waals surface area contributed by atoms with Crippen molar-refractivity contribution < 1.29 is 33.6 Å². The van der Waals surface area contributed by atoms with Crippen LogP contribution in [0.3, 0.4) is 0 Å². The maximum Gasteiger partial charge on any atom is 0.254 e. The fourth-order valence-corrected chi connectivity index (χ4v) is 20.6. The number of alkyl halides is 1. The number of carbonyl (C=O) groups is 7. The molecule has 11 heterocycles. The van der Waals surface area contributed by atoms with Crippen molar-refractivity contribution in [2.24, 2.45) is 44.3 Å². The van der Waals surface area contributed by atoms with Gasteiger partial charge in [-0.05, 0) is 127 Å². The molecule has 8 fully saturated rings. The lowest BCUT2D eigenvalue weighted by Gasteiger charge is -2.33. The molecule has 21 nitrogen and oxygen atoms in total. The monoisotopic (exact) mass is 1660 g/mol. The third-order valence-electron chi connectivity index (χ3n) is 25.1. The lowest BCUT2D eigenvalue weighted by molar-refractivity contribution is -0.133. The van der Waals surface area contributed by atoms with Crippen LogP contribution in [0.4, 0.5) is 15.4 Å². The number of hydrogen-bond acceptors (Lipinski definition) is 17. The van der Waals surface area contributed by atoms with Gasteiger partial charge in [0.05, 0.1) is 18.6 Å². The topological polar surface area (TPSA) is 234 Å². The molecule has 8 saturated heterocycles. The van der Waals surface area contributed by atoms with Crippen molar-refractivity contribution in [3.63, 3.8) is 0 Å². The molecule has 6 atom stereocenters. The van der Waals surface area contributed by atoms with Crippen molar-refractivity contribution in [1.29, 1.82) is 0 Å². The summed E-state index contributed by atoms with van der Waals surface area (Å²) in [6.45, 7) is 45.3. The second kappa shape index (κ2) is 37.1. The maximum absolute atomic E-state index is 13.6. The second-order valence-corrected chi connectivity index (χ2v) is 38.9. The molecule has 6 aromatic rings. The molecular weight excluding hydrogens is 1540 g/mol. The van der Waals surface area contributed by atoms with E-state index < -0.39 is 0 Å². The van der Waals surface area contributed by atoms with Crippen LogP contribution < -0.4 is 21.3 Å². The summed E-state index contributed by atoms with van der Waals surface area (Å²) in [5.74, 6) is 1.29. The number of halogens is 4. The number of nitrogens with one attached hydrogen (secondary N) is 2. The molecule has 3 aromatic carbocycles. The van der Waals surface area contributed by atoms with Gasteiger partial charge in [-0.15, -0.1) is 11.6 Å². The van der Waals surface area contributed by atoms with Crippen molar-refractivity contribution >= 4 is 137 Å². The first-order chi connectivity index (χ1) is 51.9.